The van der Waals surface area contributed by atoms with Gasteiger partial charge in [-0.15, -0.1) is 11.3 Å². The fourth-order valence-electron chi connectivity index (χ4n) is 2.09. The zero-order chi connectivity index (χ0) is 13.9. The maximum atomic E-state index is 11.0. The normalized spacial score (nSPS) is 10.8. The molecule has 3 aromatic rings. The highest BCUT2D eigenvalue weighted by Crippen LogP contribution is 2.18. The topological polar surface area (TPSA) is 57.8 Å². The van der Waals surface area contributed by atoms with Gasteiger partial charge in [0.15, 0.2) is 4.96 Å². The first-order valence-electron chi connectivity index (χ1n) is 6.15. The largest absolute Gasteiger partial charge is 0.480 e. The molecule has 0 aliphatic rings. The van der Waals surface area contributed by atoms with Crippen LogP contribution < -0.4 is 4.90 Å². The molecule has 0 atom stereocenters. The van der Waals surface area contributed by atoms with E-state index in [1.54, 1.807) is 16.2 Å². The summed E-state index contributed by atoms with van der Waals surface area (Å²) >= 11 is 1.56. The van der Waals surface area contributed by atoms with Crippen molar-refractivity contribution in [3.8, 4) is 0 Å². The third-order valence-electron chi connectivity index (χ3n) is 2.94. The Morgan fingerprint density at radius 3 is 2.85 bits per heavy atom. The molecule has 3 rings (SSSR count). The average molecular weight is 287 g/mol. The highest BCUT2D eigenvalue weighted by atomic mass is 32.1. The third kappa shape index (κ3) is 2.65. The van der Waals surface area contributed by atoms with E-state index < -0.39 is 5.97 Å². The highest BCUT2D eigenvalue weighted by Gasteiger charge is 2.13. The summed E-state index contributed by atoms with van der Waals surface area (Å²) in [5.41, 5.74) is 1.74. The van der Waals surface area contributed by atoms with Gasteiger partial charge >= 0.3 is 5.97 Å². The van der Waals surface area contributed by atoms with Crippen LogP contribution in [-0.4, -0.2) is 27.0 Å². The minimum Gasteiger partial charge on any atom is -0.480 e. The molecule has 0 spiro atoms. The lowest BCUT2D eigenvalue weighted by molar-refractivity contribution is -0.135. The number of fused-ring (bicyclic) bond motifs is 1. The van der Waals surface area contributed by atoms with Crippen molar-refractivity contribution in [1.29, 1.82) is 0 Å². The zero-order valence-electron chi connectivity index (χ0n) is 10.6. The highest BCUT2D eigenvalue weighted by molar-refractivity contribution is 7.15. The molecule has 0 radical (unpaired) electrons. The molecular weight excluding hydrogens is 274 g/mol. The van der Waals surface area contributed by atoms with Crippen LogP contribution in [0.5, 0.6) is 0 Å². The quantitative estimate of drug-likeness (QED) is 0.783. The number of thiazole rings is 1. The van der Waals surface area contributed by atoms with E-state index in [1.165, 1.54) is 0 Å². The van der Waals surface area contributed by atoms with Gasteiger partial charge in [0.2, 0.25) is 0 Å². The van der Waals surface area contributed by atoms with E-state index in [-0.39, 0.29) is 6.54 Å². The van der Waals surface area contributed by atoms with Crippen molar-refractivity contribution in [2.24, 2.45) is 0 Å². The van der Waals surface area contributed by atoms with Crippen molar-refractivity contribution in [2.75, 3.05) is 11.4 Å². The van der Waals surface area contributed by atoms with Gasteiger partial charge in [0.05, 0.1) is 12.2 Å². The molecule has 0 unspecified atom stereocenters. The lowest BCUT2D eigenvalue weighted by Crippen LogP contribution is -2.29. The summed E-state index contributed by atoms with van der Waals surface area (Å²) in [6, 6.07) is 9.52. The molecule has 2 aromatic heterocycles. The monoisotopic (exact) mass is 287 g/mol. The number of hydrogen-bond acceptors (Lipinski definition) is 4. The molecule has 1 aromatic carbocycles. The number of anilines is 1. The maximum Gasteiger partial charge on any atom is 0.323 e. The Labute approximate surface area is 119 Å². The van der Waals surface area contributed by atoms with Crippen LogP contribution in [0.4, 0.5) is 5.69 Å². The molecular formula is C14H13N3O2S. The first-order valence-corrected chi connectivity index (χ1v) is 7.03. The SMILES string of the molecule is O=C(O)CN(Cc1cn2ccsc2n1)c1ccccc1. The van der Waals surface area contributed by atoms with Crippen LogP contribution in [0, 0.1) is 0 Å². The van der Waals surface area contributed by atoms with Crippen LogP contribution >= 0.6 is 11.3 Å². The number of nitrogens with zero attached hydrogens (tertiary/aromatic N) is 3. The molecule has 102 valence electrons. The smallest absolute Gasteiger partial charge is 0.323 e. The lowest BCUT2D eigenvalue weighted by atomic mass is 10.2. The summed E-state index contributed by atoms with van der Waals surface area (Å²) in [5, 5.41) is 11.0. The molecule has 0 saturated carbocycles. The van der Waals surface area contributed by atoms with Crippen LogP contribution in [0.1, 0.15) is 5.69 Å². The molecule has 2 heterocycles. The fraction of sp³-hybridized carbons (Fsp3) is 0.143. The number of aliphatic carboxylic acids is 1. The van der Waals surface area contributed by atoms with Gasteiger partial charge in [-0.05, 0) is 12.1 Å². The molecule has 0 amide bonds. The Hall–Kier alpha value is -2.34. The maximum absolute atomic E-state index is 11.0. The van der Waals surface area contributed by atoms with Crippen molar-refractivity contribution < 1.29 is 9.90 Å². The van der Waals surface area contributed by atoms with Gasteiger partial charge < -0.3 is 10.0 Å². The van der Waals surface area contributed by atoms with Crippen LogP contribution in [0.3, 0.4) is 0 Å². The molecule has 0 aliphatic carbocycles. The molecule has 5 nitrogen and oxygen atoms in total. The Bertz CT molecular complexity index is 692. The summed E-state index contributed by atoms with van der Waals surface area (Å²) in [7, 11) is 0. The Kier molecular flexibility index (Phi) is 3.39. The molecule has 0 aliphatic heterocycles. The molecule has 1 N–H and O–H groups in total. The molecule has 0 bridgehead atoms. The van der Waals surface area contributed by atoms with Crippen LogP contribution in [0.2, 0.25) is 0 Å². The number of hydrogen-bond donors (Lipinski definition) is 1. The Balaban J connectivity index is 1.86. The van der Waals surface area contributed by atoms with E-state index in [0.717, 1.165) is 16.3 Å². The number of carboxylic acids is 1. The second kappa shape index (κ2) is 5.34. The van der Waals surface area contributed by atoms with Gasteiger partial charge in [0.1, 0.15) is 6.54 Å². The van der Waals surface area contributed by atoms with E-state index in [1.807, 2.05) is 52.5 Å². The molecule has 0 fully saturated rings. The first-order chi connectivity index (χ1) is 9.72. The zero-order valence-corrected chi connectivity index (χ0v) is 11.5. The number of benzene rings is 1. The second-order valence-corrected chi connectivity index (χ2v) is 5.28. The summed E-state index contributed by atoms with van der Waals surface area (Å²) in [6.07, 6.45) is 3.88. The van der Waals surface area contributed by atoms with E-state index in [9.17, 15) is 4.79 Å². The standard InChI is InChI=1S/C14H13N3O2S/c18-13(19)10-17(12-4-2-1-3-5-12)9-11-8-16-6-7-20-14(16)15-11/h1-8H,9-10H2,(H,18,19). The second-order valence-electron chi connectivity index (χ2n) is 4.41. The van der Waals surface area contributed by atoms with Crippen LogP contribution in [0.15, 0.2) is 48.1 Å². The predicted molar refractivity (Wildman–Crippen MR) is 78.2 cm³/mol. The Morgan fingerprint density at radius 1 is 1.35 bits per heavy atom. The van der Waals surface area contributed by atoms with E-state index in [4.69, 9.17) is 5.11 Å². The van der Waals surface area contributed by atoms with Gasteiger partial charge in [0, 0.05) is 23.5 Å². The number of para-hydroxylation sites is 1. The third-order valence-corrected chi connectivity index (χ3v) is 3.71. The van der Waals surface area contributed by atoms with Gasteiger partial charge in [0.25, 0.3) is 0 Å². The van der Waals surface area contributed by atoms with E-state index >= 15 is 0 Å². The lowest BCUT2D eigenvalue weighted by Gasteiger charge is -2.21. The summed E-state index contributed by atoms with van der Waals surface area (Å²) < 4.78 is 1.95. The van der Waals surface area contributed by atoms with Crippen molar-refractivity contribution >= 4 is 28.0 Å². The number of carbonyl (C=O) groups is 1. The van der Waals surface area contributed by atoms with Gasteiger partial charge in [-0.3, -0.25) is 9.20 Å². The number of carboxylic acid groups (broad SMARTS) is 1. The summed E-state index contributed by atoms with van der Waals surface area (Å²) in [6.45, 7) is 0.430. The Morgan fingerprint density at radius 2 is 2.15 bits per heavy atom. The van der Waals surface area contributed by atoms with E-state index in [0.29, 0.717) is 6.54 Å². The predicted octanol–water partition coefficient (Wildman–Crippen LogP) is 2.49. The van der Waals surface area contributed by atoms with Gasteiger partial charge in [-0.1, -0.05) is 18.2 Å². The summed E-state index contributed by atoms with van der Waals surface area (Å²) in [4.78, 5) is 18.2. The fourth-order valence-corrected chi connectivity index (χ4v) is 2.81. The van der Waals surface area contributed by atoms with Crippen LogP contribution in [0.25, 0.3) is 4.96 Å². The molecule has 0 saturated heterocycles. The molecule has 6 heteroatoms. The first kappa shape index (κ1) is 12.7. The summed E-state index contributed by atoms with van der Waals surface area (Å²) in [5.74, 6) is -0.852. The molecule has 20 heavy (non-hydrogen) atoms. The van der Waals surface area contributed by atoms with Gasteiger partial charge in [-0.2, -0.15) is 0 Å². The van der Waals surface area contributed by atoms with Crippen LogP contribution in [-0.2, 0) is 11.3 Å². The van der Waals surface area contributed by atoms with Crippen molar-refractivity contribution in [3.63, 3.8) is 0 Å². The average Bonchev–Trinajstić information content (AvgIpc) is 2.99. The number of rotatable bonds is 5. The minimum atomic E-state index is -0.852. The van der Waals surface area contributed by atoms with Gasteiger partial charge in [-0.25, -0.2) is 4.98 Å². The minimum absolute atomic E-state index is 0.0464. The van der Waals surface area contributed by atoms with Crippen molar-refractivity contribution in [1.82, 2.24) is 9.38 Å². The number of imidazole rings is 1. The number of aromatic nitrogens is 2. The van der Waals surface area contributed by atoms with Crippen molar-refractivity contribution in [3.05, 3.63) is 53.8 Å². The van der Waals surface area contributed by atoms with Crippen molar-refractivity contribution in [2.45, 2.75) is 6.54 Å². The van der Waals surface area contributed by atoms with E-state index in [2.05, 4.69) is 4.98 Å².